The average Bonchev–Trinajstić information content (AvgIpc) is 2.38. The second-order valence-electron chi connectivity index (χ2n) is 4.55. The highest BCUT2D eigenvalue weighted by Crippen LogP contribution is 2.59. The number of amides is 1. The van der Waals surface area contributed by atoms with E-state index in [9.17, 15) is 4.79 Å². The highest BCUT2D eigenvalue weighted by Gasteiger charge is 2.69. The molecule has 16 heavy (non-hydrogen) atoms. The lowest BCUT2D eigenvalue weighted by molar-refractivity contribution is -0.546. The first kappa shape index (κ1) is 9.81. The zero-order valence-electron chi connectivity index (χ0n) is 9.48. The maximum absolute atomic E-state index is 11.7. The number of carbonyl (C=O) groups is 1. The Balaban J connectivity index is 2.26. The Labute approximate surface area is 93.7 Å². The van der Waals surface area contributed by atoms with Crippen molar-refractivity contribution in [1.82, 2.24) is 0 Å². The molecule has 1 amide bonds. The number of fused-ring (bicyclic) bond motifs is 3. The standard InChI is InChI=1S/C12H13NO3/c1-8(14)13-10-7-5-4-6-9(10)11(2)12(13,3)16-15-11/h4-7H,1-3H3. The first-order valence-corrected chi connectivity index (χ1v) is 5.28. The Morgan fingerprint density at radius 2 is 1.94 bits per heavy atom. The van der Waals surface area contributed by atoms with Crippen LogP contribution < -0.4 is 4.90 Å². The van der Waals surface area contributed by atoms with Crippen LogP contribution in [-0.4, -0.2) is 11.6 Å². The van der Waals surface area contributed by atoms with E-state index in [1.807, 2.05) is 38.1 Å². The van der Waals surface area contributed by atoms with Crippen molar-refractivity contribution < 1.29 is 14.6 Å². The van der Waals surface area contributed by atoms with Crippen molar-refractivity contribution in [3.05, 3.63) is 29.8 Å². The fourth-order valence-corrected chi connectivity index (χ4v) is 2.60. The Morgan fingerprint density at radius 1 is 1.25 bits per heavy atom. The van der Waals surface area contributed by atoms with Crippen molar-refractivity contribution in [3.63, 3.8) is 0 Å². The largest absolute Gasteiger partial charge is 0.277 e. The Kier molecular flexibility index (Phi) is 1.62. The van der Waals surface area contributed by atoms with Crippen LogP contribution in [0.1, 0.15) is 26.3 Å². The monoisotopic (exact) mass is 219 g/mol. The minimum Gasteiger partial charge on any atom is -0.277 e. The van der Waals surface area contributed by atoms with Crippen LogP contribution in [0.15, 0.2) is 24.3 Å². The van der Waals surface area contributed by atoms with E-state index in [0.29, 0.717) is 0 Å². The predicted molar refractivity (Wildman–Crippen MR) is 57.5 cm³/mol. The molecule has 2 aliphatic rings. The van der Waals surface area contributed by atoms with Gasteiger partial charge in [0.2, 0.25) is 11.6 Å². The number of para-hydroxylation sites is 1. The summed E-state index contributed by atoms with van der Waals surface area (Å²) in [5.41, 5.74) is 0.592. The van der Waals surface area contributed by atoms with Crippen molar-refractivity contribution in [2.45, 2.75) is 32.1 Å². The second kappa shape index (κ2) is 2.64. The minimum atomic E-state index is -0.720. The second-order valence-corrected chi connectivity index (χ2v) is 4.55. The summed E-state index contributed by atoms with van der Waals surface area (Å²) in [5.74, 6) is -0.0398. The lowest BCUT2D eigenvalue weighted by atomic mass is 9.88. The van der Waals surface area contributed by atoms with Gasteiger partial charge in [-0.2, -0.15) is 0 Å². The molecule has 0 radical (unpaired) electrons. The van der Waals surface area contributed by atoms with E-state index in [4.69, 9.17) is 9.78 Å². The average molecular weight is 219 g/mol. The van der Waals surface area contributed by atoms with E-state index < -0.39 is 11.3 Å². The third-order valence-corrected chi connectivity index (χ3v) is 3.66. The van der Waals surface area contributed by atoms with Crippen LogP contribution in [-0.2, 0) is 20.2 Å². The number of hydrogen-bond acceptors (Lipinski definition) is 3. The van der Waals surface area contributed by atoms with E-state index in [2.05, 4.69) is 0 Å². The number of benzene rings is 1. The first-order valence-electron chi connectivity index (χ1n) is 5.28. The Hall–Kier alpha value is -1.39. The highest BCUT2D eigenvalue weighted by atomic mass is 17.3. The molecule has 3 rings (SSSR count). The molecule has 2 atom stereocenters. The molecule has 0 saturated carbocycles. The maximum Gasteiger partial charge on any atom is 0.226 e. The molecule has 1 saturated heterocycles. The summed E-state index contributed by atoms with van der Waals surface area (Å²) in [5, 5.41) is 0. The van der Waals surface area contributed by atoms with Gasteiger partial charge in [-0.3, -0.25) is 9.69 Å². The van der Waals surface area contributed by atoms with Crippen LogP contribution >= 0.6 is 0 Å². The van der Waals surface area contributed by atoms with Gasteiger partial charge in [-0.25, -0.2) is 9.78 Å². The molecule has 1 aromatic rings. The zero-order chi connectivity index (χ0) is 11.6. The zero-order valence-corrected chi connectivity index (χ0v) is 9.48. The lowest BCUT2D eigenvalue weighted by Crippen LogP contribution is -2.67. The number of anilines is 1. The molecule has 0 aliphatic carbocycles. The lowest BCUT2D eigenvalue weighted by Gasteiger charge is -2.50. The molecule has 1 fully saturated rings. The minimum absolute atomic E-state index is 0.0398. The number of nitrogens with zero attached hydrogens (tertiary/aromatic N) is 1. The fraction of sp³-hybridized carbons (Fsp3) is 0.417. The van der Waals surface area contributed by atoms with E-state index in [0.717, 1.165) is 11.3 Å². The summed E-state index contributed by atoms with van der Waals surface area (Å²) in [6.07, 6.45) is 0. The summed E-state index contributed by atoms with van der Waals surface area (Å²) in [6, 6.07) is 7.74. The molecule has 0 bridgehead atoms. The van der Waals surface area contributed by atoms with Gasteiger partial charge in [0, 0.05) is 12.5 Å². The number of carbonyl (C=O) groups excluding carboxylic acids is 1. The Morgan fingerprint density at radius 3 is 2.50 bits per heavy atom. The number of rotatable bonds is 0. The van der Waals surface area contributed by atoms with Crippen molar-refractivity contribution in [1.29, 1.82) is 0 Å². The smallest absolute Gasteiger partial charge is 0.226 e. The van der Waals surface area contributed by atoms with Crippen LogP contribution in [0, 0.1) is 0 Å². The van der Waals surface area contributed by atoms with Crippen molar-refractivity contribution in [2.75, 3.05) is 4.90 Å². The van der Waals surface area contributed by atoms with Gasteiger partial charge in [0.15, 0.2) is 5.60 Å². The van der Waals surface area contributed by atoms with Crippen LogP contribution in [0.5, 0.6) is 0 Å². The topological polar surface area (TPSA) is 38.8 Å². The SMILES string of the molecule is CC(=O)N1c2ccccc2C2(C)OOC12C. The Bertz CT molecular complexity index is 487. The van der Waals surface area contributed by atoms with Gasteiger partial charge in [0.1, 0.15) is 0 Å². The maximum atomic E-state index is 11.7. The summed E-state index contributed by atoms with van der Waals surface area (Å²) in [6.45, 7) is 5.35. The molecule has 0 spiro atoms. The van der Waals surface area contributed by atoms with Crippen LogP contribution in [0.25, 0.3) is 0 Å². The molecule has 84 valence electrons. The molecule has 2 heterocycles. The third-order valence-electron chi connectivity index (χ3n) is 3.66. The predicted octanol–water partition coefficient (Wildman–Crippen LogP) is 1.95. The molecular formula is C12H13NO3. The van der Waals surface area contributed by atoms with Crippen molar-refractivity contribution >= 4 is 11.6 Å². The summed E-state index contributed by atoms with van der Waals surface area (Å²) >= 11 is 0. The van der Waals surface area contributed by atoms with Crippen LogP contribution in [0.4, 0.5) is 5.69 Å². The molecular weight excluding hydrogens is 206 g/mol. The third kappa shape index (κ3) is 0.817. The van der Waals surface area contributed by atoms with E-state index in [1.165, 1.54) is 6.92 Å². The molecule has 0 N–H and O–H groups in total. The first-order chi connectivity index (χ1) is 7.51. The highest BCUT2D eigenvalue weighted by molar-refractivity contribution is 5.96. The molecule has 4 nitrogen and oxygen atoms in total. The van der Waals surface area contributed by atoms with Crippen molar-refractivity contribution in [3.8, 4) is 0 Å². The van der Waals surface area contributed by atoms with Gasteiger partial charge in [0.25, 0.3) is 0 Å². The summed E-state index contributed by atoms with van der Waals surface area (Å²) < 4.78 is 0. The molecule has 4 heteroatoms. The van der Waals surface area contributed by atoms with Crippen LogP contribution in [0.3, 0.4) is 0 Å². The molecule has 2 unspecified atom stereocenters. The van der Waals surface area contributed by atoms with E-state index >= 15 is 0 Å². The van der Waals surface area contributed by atoms with Gasteiger partial charge in [-0.15, -0.1) is 0 Å². The van der Waals surface area contributed by atoms with Gasteiger partial charge < -0.3 is 0 Å². The van der Waals surface area contributed by atoms with E-state index in [-0.39, 0.29) is 5.91 Å². The van der Waals surface area contributed by atoms with Crippen LogP contribution in [0.2, 0.25) is 0 Å². The normalized spacial score (nSPS) is 35.3. The molecule has 2 aliphatic heterocycles. The van der Waals surface area contributed by atoms with Crippen molar-refractivity contribution in [2.24, 2.45) is 0 Å². The fourth-order valence-electron chi connectivity index (χ4n) is 2.60. The van der Waals surface area contributed by atoms with Gasteiger partial charge in [-0.05, 0) is 19.9 Å². The van der Waals surface area contributed by atoms with Gasteiger partial charge >= 0.3 is 0 Å². The van der Waals surface area contributed by atoms with E-state index in [1.54, 1.807) is 4.90 Å². The van der Waals surface area contributed by atoms with Gasteiger partial charge in [0.05, 0.1) is 5.69 Å². The quantitative estimate of drug-likeness (QED) is 0.626. The molecule has 1 aromatic carbocycles. The molecule has 0 aromatic heterocycles. The number of hydrogen-bond donors (Lipinski definition) is 0. The summed E-state index contributed by atoms with van der Waals surface area (Å²) in [4.78, 5) is 23.9. The van der Waals surface area contributed by atoms with Gasteiger partial charge in [-0.1, -0.05) is 18.2 Å². The summed E-state index contributed by atoms with van der Waals surface area (Å²) in [7, 11) is 0.